The van der Waals surface area contributed by atoms with Gasteiger partial charge in [-0.05, 0) is 6.07 Å². The molecule has 0 spiro atoms. The van der Waals surface area contributed by atoms with Gasteiger partial charge in [-0.25, -0.2) is 4.79 Å². The first-order valence-electron chi connectivity index (χ1n) is 5.19. The zero-order valence-corrected chi connectivity index (χ0v) is 9.72. The summed E-state index contributed by atoms with van der Waals surface area (Å²) in [6.07, 6.45) is 2.90. The van der Waals surface area contributed by atoms with Gasteiger partial charge in [-0.15, -0.1) is 0 Å². The molecule has 1 heterocycles. The Morgan fingerprint density at radius 2 is 2.12 bits per heavy atom. The molecule has 2 N–H and O–H groups in total. The van der Waals surface area contributed by atoms with Gasteiger partial charge in [0, 0.05) is 13.3 Å². The Labute approximate surface area is 99.7 Å². The van der Waals surface area contributed by atoms with E-state index in [4.69, 9.17) is 19.9 Å². The number of aromatic nitrogens is 1. The number of rotatable bonds is 7. The molecule has 6 nitrogen and oxygen atoms in total. The van der Waals surface area contributed by atoms with Crippen molar-refractivity contribution >= 4 is 11.7 Å². The van der Waals surface area contributed by atoms with Crippen LogP contribution in [0.4, 0.5) is 5.69 Å². The van der Waals surface area contributed by atoms with Gasteiger partial charge in [0.05, 0.1) is 37.3 Å². The minimum Gasteiger partial charge on any atom is -0.460 e. The van der Waals surface area contributed by atoms with E-state index in [2.05, 4.69) is 4.98 Å². The predicted molar refractivity (Wildman–Crippen MR) is 61.6 cm³/mol. The van der Waals surface area contributed by atoms with Crippen LogP contribution in [0.2, 0.25) is 0 Å². The number of anilines is 1. The summed E-state index contributed by atoms with van der Waals surface area (Å²) in [7, 11) is 1.59. The van der Waals surface area contributed by atoms with Crippen LogP contribution in [-0.4, -0.2) is 44.5 Å². The summed E-state index contributed by atoms with van der Waals surface area (Å²) in [5.41, 5.74) is 6.20. The van der Waals surface area contributed by atoms with Gasteiger partial charge in [-0.2, -0.15) is 0 Å². The highest BCUT2D eigenvalue weighted by molar-refractivity contribution is 5.94. The number of carbonyl (C=O) groups is 1. The Balaban J connectivity index is 2.24. The summed E-state index contributed by atoms with van der Waals surface area (Å²) in [5, 5.41) is 0. The van der Waals surface area contributed by atoms with Crippen molar-refractivity contribution in [2.45, 2.75) is 0 Å². The van der Waals surface area contributed by atoms with Gasteiger partial charge in [0.1, 0.15) is 6.61 Å². The van der Waals surface area contributed by atoms with Crippen LogP contribution in [0.25, 0.3) is 0 Å². The molecule has 0 unspecified atom stereocenters. The summed E-state index contributed by atoms with van der Waals surface area (Å²) >= 11 is 0. The third kappa shape index (κ3) is 4.80. The topological polar surface area (TPSA) is 83.7 Å². The van der Waals surface area contributed by atoms with Gasteiger partial charge in [0.2, 0.25) is 0 Å². The van der Waals surface area contributed by atoms with Crippen LogP contribution in [0.3, 0.4) is 0 Å². The largest absolute Gasteiger partial charge is 0.460 e. The van der Waals surface area contributed by atoms with Gasteiger partial charge in [0.15, 0.2) is 0 Å². The van der Waals surface area contributed by atoms with Crippen molar-refractivity contribution in [2.75, 3.05) is 39.3 Å². The number of carbonyl (C=O) groups excluding carboxylic acids is 1. The number of methoxy groups -OCH3 is 1. The molecule has 0 saturated carbocycles. The summed E-state index contributed by atoms with van der Waals surface area (Å²) < 4.78 is 14.9. The highest BCUT2D eigenvalue weighted by atomic mass is 16.6. The number of ether oxygens (including phenoxy) is 3. The van der Waals surface area contributed by atoms with Crippen molar-refractivity contribution in [3.8, 4) is 0 Å². The van der Waals surface area contributed by atoms with E-state index < -0.39 is 5.97 Å². The molecular formula is C11H16N2O4. The molecule has 1 aromatic heterocycles. The monoisotopic (exact) mass is 240 g/mol. The lowest BCUT2D eigenvalue weighted by molar-refractivity contribution is 0.0214. The molecule has 0 atom stereocenters. The average molecular weight is 240 g/mol. The SMILES string of the molecule is COCCOCCOC(=O)c1ccncc1N. The molecule has 0 aliphatic heterocycles. The van der Waals surface area contributed by atoms with Crippen LogP contribution in [0.1, 0.15) is 10.4 Å². The van der Waals surface area contributed by atoms with E-state index in [0.29, 0.717) is 31.1 Å². The maximum atomic E-state index is 11.5. The number of nitrogens with zero attached hydrogens (tertiary/aromatic N) is 1. The summed E-state index contributed by atoms with van der Waals surface area (Å²) in [6.45, 7) is 1.51. The third-order valence-electron chi connectivity index (χ3n) is 1.96. The van der Waals surface area contributed by atoms with Crippen LogP contribution in [0, 0.1) is 0 Å². The molecule has 0 aliphatic rings. The second-order valence-corrected chi connectivity index (χ2v) is 3.20. The Morgan fingerprint density at radius 1 is 1.35 bits per heavy atom. The van der Waals surface area contributed by atoms with Crippen LogP contribution in [0.15, 0.2) is 18.5 Å². The molecule has 0 saturated heterocycles. The summed E-state index contributed by atoms with van der Waals surface area (Å²) in [6, 6.07) is 1.52. The molecule has 0 aromatic carbocycles. The fourth-order valence-electron chi connectivity index (χ4n) is 1.11. The maximum Gasteiger partial charge on any atom is 0.340 e. The predicted octanol–water partition coefficient (Wildman–Crippen LogP) is 0.484. The third-order valence-corrected chi connectivity index (χ3v) is 1.96. The maximum absolute atomic E-state index is 11.5. The lowest BCUT2D eigenvalue weighted by Crippen LogP contribution is -2.13. The Morgan fingerprint density at radius 3 is 2.82 bits per heavy atom. The molecule has 0 amide bonds. The first-order chi connectivity index (χ1) is 8.25. The van der Waals surface area contributed by atoms with E-state index in [0.717, 1.165) is 0 Å². The lowest BCUT2D eigenvalue weighted by Gasteiger charge is -2.07. The number of hydrogen-bond donors (Lipinski definition) is 1. The molecule has 94 valence electrons. The summed E-state index contributed by atoms with van der Waals surface area (Å²) in [4.78, 5) is 15.3. The molecule has 0 aliphatic carbocycles. The van der Waals surface area contributed by atoms with Crippen molar-refractivity contribution in [1.82, 2.24) is 4.98 Å². The van der Waals surface area contributed by atoms with Crippen molar-refractivity contribution in [1.29, 1.82) is 0 Å². The van der Waals surface area contributed by atoms with Gasteiger partial charge < -0.3 is 19.9 Å². The van der Waals surface area contributed by atoms with E-state index in [1.54, 1.807) is 7.11 Å². The normalized spacial score (nSPS) is 10.2. The molecule has 1 rings (SSSR count). The Kier molecular flexibility index (Phi) is 5.98. The molecule has 0 radical (unpaired) electrons. The van der Waals surface area contributed by atoms with Gasteiger partial charge in [-0.3, -0.25) is 4.98 Å². The van der Waals surface area contributed by atoms with Crippen LogP contribution < -0.4 is 5.73 Å². The molecule has 1 aromatic rings. The van der Waals surface area contributed by atoms with E-state index in [1.807, 2.05) is 0 Å². The fourth-order valence-corrected chi connectivity index (χ4v) is 1.11. The minimum absolute atomic E-state index is 0.185. The van der Waals surface area contributed by atoms with Gasteiger partial charge >= 0.3 is 5.97 Å². The van der Waals surface area contributed by atoms with Crippen molar-refractivity contribution in [2.24, 2.45) is 0 Å². The zero-order chi connectivity index (χ0) is 12.5. The molecule has 6 heteroatoms. The number of pyridine rings is 1. The second kappa shape index (κ2) is 7.59. The first kappa shape index (κ1) is 13.4. The number of esters is 1. The zero-order valence-electron chi connectivity index (χ0n) is 9.72. The molecule has 0 bridgehead atoms. The van der Waals surface area contributed by atoms with Crippen molar-refractivity contribution in [3.63, 3.8) is 0 Å². The van der Waals surface area contributed by atoms with E-state index in [-0.39, 0.29) is 6.61 Å². The van der Waals surface area contributed by atoms with Crippen molar-refractivity contribution in [3.05, 3.63) is 24.0 Å². The highest BCUT2D eigenvalue weighted by Gasteiger charge is 2.10. The highest BCUT2D eigenvalue weighted by Crippen LogP contribution is 2.09. The first-order valence-corrected chi connectivity index (χ1v) is 5.19. The van der Waals surface area contributed by atoms with Gasteiger partial charge in [0.25, 0.3) is 0 Å². The smallest absolute Gasteiger partial charge is 0.340 e. The Bertz CT molecular complexity index is 357. The number of hydrogen-bond acceptors (Lipinski definition) is 6. The van der Waals surface area contributed by atoms with E-state index in [9.17, 15) is 4.79 Å². The number of nitrogen functional groups attached to an aromatic ring is 1. The van der Waals surface area contributed by atoms with Crippen molar-refractivity contribution < 1.29 is 19.0 Å². The standard InChI is InChI=1S/C11H16N2O4/c1-15-4-5-16-6-7-17-11(14)9-2-3-13-8-10(9)12/h2-3,8H,4-7,12H2,1H3. The van der Waals surface area contributed by atoms with Crippen LogP contribution in [0.5, 0.6) is 0 Å². The van der Waals surface area contributed by atoms with Crippen LogP contribution in [-0.2, 0) is 14.2 Å². The quantitative estimate of drug-likeness (QED) is 0.551. The summed E-state index contributed by atoms with van der Waals surface area (Å²) in [5.74, 6) is -0.472. The lowest BCUT2D eigenvalue weighted by atomic mass is 10.2. The molecular weight excluding hydrogens is 224 g/mol. The fraction of sp³-hybridized carbons (Fsp3) is 0.455. The average Bonchev–Trinajstić information content (AvgIpc) is 2.34. The second-order valence-electron chi connectivity index (χ2n) is 3.20. The number of nitrogens with two attached hydrogens (primary N) is 1. The molecule has 17 heavy (non-hydrogen) atoms. The Hall–Kier alpha value is -1.66. The molecule has 0 fully saturated rings. The van der Waals surface area contributed by atoms with E-state index in [1.165, 1.54) is 18.5 Å². The van der Waals surface area contributed by atoms with Crippen LogP contribution >= 0.6 is 0 Å². The minimum atomic E-state index is -0.472. The van der Waals surface area contributed by atoms with Gasteiger partial charge in [-0.1, -0.05) is 0 Å². The van der Waals surface area contributed by atoms with E-state index >= 15 is 0 Å².